The Hall–Kier alpha value is -2.42. The summed E-state index contributed by atoms with van der Waals surface area (Å²) in [4.78, 5) is 2.36. The average Bonchev–Trinajstić information content (AvgIpc) is 3.02. The van der Waals surface area contributed by atoms with E-state index >= 15 is 0 Å². The minimum atomic E-state index is 0.324. The number of benzene rings is 2. The van der Waals surface area contributed by atoms with E-state index in [0.29, 0.717) is 12.8 Å². The summed E-state index contributed by atoms with van der Waals surface area (Å²) in [6.07, 6.45) is 6.75. The fraction of sp³-hybridized carbons (Fsp3) is 0.263. The molecule has 112 valence electrons. The van der Waals surface area contributed by atoms with Gasteiger partial charge in [0.25, 0.3) is 0 Å². The summed E-state index contributed by atoms with van der Waals surface area (Å²) >= 11 is 0. The van der Waals surface area contributed by atoms with Crippen LogP contribution in [0.2, 0.25) is 0 Å². The number of ether oxygens (including phenoxy) is 2. The maximum atomic E-state index is 5.43. The number of aryl methyl sites for hydroxylation is 1. The summed E-state index contributed by atoms with van der Waals surface area (Å²) in [7, 11) is 2.17. The van der Waals surface area contributed by atoms with Gasteiger partial charge in [0.2, 0.25) is 6.79 Å². The fourth-order valence-electron chi connectivity index (χ4n) is 3.21. The molecule has 0 radical (unpaired) electrons. The van der Waals surface area contributed by atoms with E-state index in [2.05, 4.69) is 54.4 Å². The molecule has 2 aliphatic rings. The maximum absolute atomic E-state index is 5.43. The van der Waals surface area contributed by atoms with Crippen LogP contribution in [0, 0.1) is 0 Å². The van der Waals surface area contributed by atoms with E-state index in [-0.39, 0.29) is 0 Å². The van der Waals surface area contributed by atoms with Crippen molar-refractivity contribution in [2.24, 2.45) is 0 Å². The average molecular weight is 293 g/mol. The first-order valence-corrected chi connectivity index (χ1v) is 7.70. The maximum Gasteiger partial charge on any atom is 0.231 e. The highest BCUT2D eigenvalue weighted by Crippen LogP contribution is 2.33. The molecule has 0 amide bonds. The molecule has 0 spiro atoms. The lowest BCUT2D eigenvalue weighted by atomic mass is 9.95. The zero-order valence-corrected chi connectivity index (χ0v) is 12.7. The predicted molar refractivity (Wildman–Crippen MR) is 88.6 cm³/mol. The van der Waals surface area contributed by atoms with Crippen molar-refractivity contribution >= 4 is 11.8 Å². The van der Waals surface area contributed by atoms with Gasteiger partial charge in [-0.25, -0.2) is 0 Å². The van der Waals surface area contributed by atoms with Crippen molar-refractivity contribution in [2.75, 3.05) is 18.7 Å². The van der Waals surface area contributed by atoms with Crippen molar-refractivity contribution in [3.63, 3.8) is 0 Å². The molecule has 0 saturated heterocycles. The second-order valence-corrected chi connectivity index (χ2v) is 5.82. The Morgan fingerprint density at radius 1 is 1.09 bits per heavy atom. The van der Waals surface area contributed by atoms with Crippen molar-refractivity contribution in [1.82, 2.24) is 0 Å². The molecule has 3 heteroatoms. The number of rotatable bonds is 2. The van der Waals surface area contributed by atoms with Crippen LogP contribution in [0.1, 0.15) is 17.5 Å². The highest BCUT2D eigenvalue weighted by atomic mass is 16.7. The van der Waals surface area contributed by atoms with Gasteiger partial charge in [-0.15, -0.1) is 0 Å². The third kappa shape index (κ3) is 2.33. The van der Waals surface area contributed by atoms with E-state index in [0.717, 1.165) is 29.9 Å². The van der Waals surface area contributed by atoms with Crippen LogP contribution >= 0.6 is 0 Å². The number of likely N-dealkylation sites (N-methyl/N-ethyl adjacent to an activating group) is 1. The van der Waals surface area contributed by atoms with Gasteiger partial charge in [0.05, 0.1) is 0 Å². The van der Waals surface area contributed by atoms with Crippen LogP contribution in [0.4, 0.5) is 5.69 Å². The zero-order valence-electron chi connectivity index (χ0n) is 12.7. The summed E-state index contributed by atoms with van der Waals surface area (Å²) in [5.74, 6) is 1.67. The molecular formula is C19H19NO2. The summed E-state index contributed by atoms with van der Waals surface area (Å²) in [5.41, 5.74) is 3.93. The Balaban J connectivity index is 1.54. The van der Waals surface area contributed by atoms with Crippen LogP contribution in [0.5, 0.6) is 11.5 Å². The van der Waals surface area contributed by atoms with Gasteiger partial charge in [0, 0.05) is 18.8 Å². The standard InChI is InChI=1S/C19H19NO2/c1-20-16(10-8-15-4-2-3-5-17(15)20)9-6-14-7-11-18-19(12-14)22-13-21-18/h2-7,9,11-12,16H,8,10,13H2,1H3/b9-6+. The van der Waals surface area contributed by atoms with E-state index in [1.54, 1.807) is 0 Å². The fourth-order valence-corrected chi connectivity index (χ4v) is 3.21. The third-order valence-corrected chi connectivity index (χ3v) is 4.49. The first-order chi connectivity index (χ1) is 10.8. The smallest absolute Gasteiger partial charge is 0.231 e. The van der Waals surface area contributed by atoms with E-state index in [1.807, 2.05) is 12.1 Å². The quantitative estimate of drug-likeness (QED) is 0.838. The lowest BCUT2D eigenvalue weighted by molar-refractivity contribution is 0.174. The molecule has 2 aliphatic heterocycles. The van der Waals surface area contributed by atoms with E-state index in [1.165, 1.54) is 11.3 Å². The predicted octanol–water partition coefficient (Wildman–Crippen LogP) is 3.88. The van der Waals surface area contributed by atoms with Gasteiger partial charge in [-0.3, -0.25) is 0 Å². The van der Waals surface area contributed by atoms with Crippen LogP contribution in [0.3, 0.4) is 0 Å². The van der Waals surface area contributed by atoms with Crippen LogP contribution in [0.25, 0.3) is 6.08 Å². The van der Waals surface area contributed by atoms with Gasteiger partial charge in [0.15, 0.2) is 11.5 Å². The molecule has 22 heavy (non-hydrogen) atoms. The van der Waals surface area contributed by atoms with Crippen molar-refractivity contribution in [3.05, 3.63) is 59.7 Å². The number of nitrogens with zero attached hydrogens (tertiary/aromatic N) is 1. The molecule has 0 fully saturated rings. The number of hydrogen-bond donors (Lipinski definition) is 0. The summed E-state index contributed by atoms with van der Waals surface area (Å²) in [6, 6.07) is 15.2. The molecule has 2 aromatic rings. The molecule has 0 aromatic heterocycles. The first-order valence-electron chi connectivity index (χ1n) is 7.70. The Morgan fingerprint density at radius 2 is 1.95 bits per heavy atom. The number of fused-ring (bicyclic) bond motifs is 2. The molecule has 3 nitrogen and oxygen atoms in total. The highest BCUT2D eigenvalue weighted by Gasteiger charge is 2.20. The summed E-state index contributed by atoms with van der Waals surface area (Å²) in [5, 5.41) is 0. The molecule has 0 saturated carbocycles. The molecule has 2 aromatic carbocycles. The largest absolute Gasteiger partial charge is 0.454 e. The van der Waals surface area contributed by atoms with Crippen molar-refractivity contribution in [2.45, 2.75) is 18.9 Å². The van der Waals surface area contributed by atoms with Crippen LogP contribution in [0.15, 0.2) is 48.5 Å². The Morgan fingerprint density at radius 3 is 2.91 bits per heavy atom. The second-order valence-electron chi connectivity index (χ2n) is 5.82. The molecule has 1 atom stereocenters. The number of anilines is 1. The van der Waals surface area contributed by atoms with Crippen LogP contribution < -0.4 is 14.4 Å². The normalized spacial score (nSPS) is 19.5. The highest BCUT2D eigenvalue weighted by molar-refractivity contribution is 5.60. The van der Waals surface area contributed by atoms with Crippen molar-refractivity contribution in [1.29, 1.82) is 0 Å². The minimum absolute atomic E-state index is 0.324. The Bertz CT molecular complexity index is 723. The number of para-hydroxylation sites is 1. The van der Waals surface area contributed by atoms with Gasteiger partial charge in [-0.05, 0) is 42.2 Å². The molecule has 0 bridgehead atoms. The lowest BCUT2D eigenvalue weighted by Crippen LogP contribution is -2.34. The second kappa shape index (κ2) is 5.41. The zero-order chi connectivity index (χ0) is 14.9. The monoisotopic (exact) mass is 293 g/mol. The minimum Gasteiger partial charge on any atom is -0.454 e. The SMILES string of the molecule is CN1c2ccccc2CCC1/C=C/c1ccc2c(c1)OCO2. The third-order valence-electron chi connectivity index (χ3n) is 4.49. The lowest BCUT2D eigenvalue weighted by Gasteiger charge is -2.34. The summed E-state index contributed by atoms with van der Waals surface area (Å²) < 4.78 is 10.8. The molecular weight excluding hydrogens is 274 g/mol. The molecule has 2 heterocycles. The first kappa shape index (κ1) is 13.3. The van der Waals surface area contributed by atoms with Crippen LogP contribution in [-0.2, 0) is 6.42 Å². The van der Waals surface area contributed by atoms with Gasteiger partial charge in [0.1, 0.15) is 0 Å². The van der Waals surface area contributed by atoms with E-state index < -0.39 is 0 Å². The topological polar surface area (TPSA) is 21.7 Å². The van der Waals surface area contributed by atoms with Gasteiger partial charge in [-0.2, -0.15) is 0 Å². The molecule has 0 aliphatic carbocycles. The molecule has 1 unspecified atom stereocenters. The van der Waals surface area contributed by atoms with Gasteiger partial charge >= 0.3 is 0 Å². The Labute approximate surface area is 130 Å². The van der Waals surface area contributed by atoms with Gasteiger partial charge in [-0.1, -0.05) is 36.4 Å². The van der Waals surface area contributed by atoms with Gasteiger partial charge < -0.3 is 14.4 Å². The molecule has 0 N–H and O–H groups in total. The summed E-state index contributed by atoms with van der Waals surface area (Å²) in [6.45, 7) is 0.324. The van der Waals surface area contributed by atoms with Crippen molar-refractivity contribution < 1.29 is 9.47 Å². The van der Waals surface area contributed by atoms with E-state index in [4.69, 9.17) is 9.47 Å². The van der Waals surface area contributed by atoms with Crippen LogP contribution in [-0.4, -0.2) is 19.9 Å². The Kier molecular flexibility index (Phi) is 3.26. The number of hydrogen-bond acceptors (Lipinski definition) is 3. The van der Waals surface area contributed by atoms with E-state index in [9.17, 15) is 0 Å². The molecule has 4 rings (SSSR count). The van der Waals surface area contributed by atoms with Crippen molar-refractivity contribution in [3.8, 4) is 11.5 Å².